The second kappa shape index (κ2) is 16.7. The number of amides is 1. The van der Waals surface area contributed by atoms with Crippen molar-refractivity contribution in [2.45, 2.75) is 105 Å². The van der Waals surface area contributed by atoms with Crippen LogP contribution < -0.4 is 10.1 Å². The van der Waals surface area contributed by atoms with Gasteiger partial charge in [0.25, 0.3) is 11.7 Å². The number of hydrogen-bond acceptors (Lipinski definition) is 14. The minimum absolute atomic E-state index is 0.0290. The molecule has 15 nitrogen and oxygen atoms in total. The largest absolute Gasteiger partial charge is 0.507 e. The van der Waals surface area contributed by atoms with Gasteiger partial charge in [-0.3, -0.25) is 24.0 Å². The monoisotopic (exact) mass is 820 g/mol. The summed E-state index contributed by atoms with van der Waals surface area (Å²) in [5.74, 6) is -8.45. The van der Waals surface area contributed by atoms with Crippen LogP contribution in [0.5, 0.6) is 11.5 Å². The molecule has 0 unspecified atom stereocenters. The van der Waals surface area contributed by atoms with Crippen LogP contribution in [0, 0.1) is 30.6 Å². The molecule has 7 rings (SSSR count). The molecule has 5 heterocycles. The van der Waals surface area contributed by atoms with Gasteiger partial charge in [-0.2, -0.15) is 0 Å². The lowest BCUT2D eigenvalue weighted by atomic mass is 9.77. The second-order valence-electron chi connectivity index (χ2n) is 16.7. The molecule has 2 N–H and O–H groups in total. The summed E-state index contributed by atoms with van der Waals surface area (Å²) in [6.07, 6.45) is 5.85. The zero-order chi connectivity index (χ0) is 43.3. The lowest BCUT2D eigenvalue weighted by Gasteiger charge is -2.50. The molecular weight excluding hydrogens is 764 g/mol. The van der Waals surface area contributed by atoms with E-state index >= 15 is 0 Å². The van der Waals surface area contributed by atoms with Crippen LogP contribution in [-0.2, 0) is 38.0 Å². The number of phenolic OH excluding ortho intramolecular Hbond substituents is 1. The number of morpholine rings is 1. The Labute approximate surface area is 344 Å². The fraction of sp³-hybridized carbons (Fsp3) is 0.568. The van der Waals surface area contributed by atoms with E-state index in [4.69, 9.17) is 33.2 Å². The molecule has 59 heavy (non-hydrogen) atoms. The van der Waals surface area contributed by atoms with Gasteiger partial charge in [-0.25, -0.2) is 0 Å². The highest BCUT2D eigenvalue weighted by Gasteiger charge is 2.53. The molecule has 6 aliphatic rings. The molecular formula is C44H56N2O13. The molecule has 1 aliphatic carbocycles. The van der Waals surface area contributed by atoms with Crippen LogP contribution in [-0.4, -0.2) is 109 Å². The summed E-state index contributed by atoms with van der Waals surface area (Å²) in [5, 5.41) is 14.2. The Balaban J connectivity index is 1.50. The number of allylic oxidation sites excluding steroid dienone is 4. The molecule has 1 aromatic carbocycles. The van der Waals surface area contributed by atoms with E-state index < -0.39 is 76.3 Å². The third-order valence-electron chi connectivity index (χ3n) is 12.0. The molecule has 0 saturated carbocycles. The number of aromatic hydroxyl groups is 1. The van der Waals surface area contributed by atoms with E-state index in [-0.39, 0.29) is 89.6 Å². The first-order chi connectivity index (χ1) is 27.7. The van der Waals surface area contributed by atoms with Crippen molar-refractivity contribution in [1.29, 1.82) is 0 Å². The summed E-state index contributed by atoms with van der Waals surface area (Å²) in [4.78, 5) is 71.8. The molecule has 7 bridgehead atoms. The Hall–Kier alpha value is -4.83. The van der Waals surface area contributed by atoms with Crippen molar-refractivity contribution in [2.75, 3.05) is 33.4 Å². The third kappa shape index (κ3) is 8.09. The Kier molecular flexibility index (Phi) is 12.4. The van der Waals surface area contributed by atoms with Crippen molar-refractivity contribution in [1.82, 2.24) is 10.2 Å². The first kappa shape index (κ1) is 43.7. The maximum atomic E-state index is 14.7. The lowest BCUT2D eigenvalue weighted by Crippen LogP contribution is -2.56. The van der Waals surface area contributed by atoms with Crippen molar-refractivity contribution in [3.63, 3.8) is 0 Å². The molecule has 0 spiro atoms. The smallest absolute Gasteiger partial charge is 0.312 e. The van der Waals surface area contributed by atoms with Crippen molar-refractivity contribution in [2.24, 2.45) is 23.7 Å². The van der Waals surface area contributed by atoms with Gasteiger partial charge in [0.2, 0.25) is 11.6 Å². The SMILES string of the molecule is CO[C@@H]1/C=C/O[C@@]2(C)Oc3c(C)c(O)c4c(c3C2=O)C(=O)C(N2CCOCC2)=C(NC(=O)/C(C)=C\C=C\[C@H](C)[C@H]2OC(C)(C)O[C@H]([C@H](C)[C@@H](OC(C)=O)[C@@H]1C)[C@@H]2C)C4=O. The molecule has 1 amide bonds. The summed E-state index contributed by atoms with van der Waals surface area (Å²) in [6, 6.07) is 0. The van der Waals surface area contributed by atoms with E-state index in [1.54, 1.807) is 30.1 Å². The third-order valence-corrected chi connectivity index (χ3v) is 12.0. The Morgan fingerprint density at radius 2 is 1.56 bits per heavy atom. The number of carbonyl (C=O) groups excluding carboxylic acids is 5. The highest BCUT2D eigenvalue weighted by atomic mass is 16.7. The van der Waals surface area contributed by atoms with Gasteiger partial charge in [0.1, 0.15) is 29.0 Å². The number of fused-ring (bicyclic) bond motifs is 10. The first-order valence-electron chi connectivity index (χ1n) is 20.1. The highest BCUT2D eigenvalue weighted by Crippen LogP contribution is 2.49. The number of esters is 1. The fourth-order valence-corrected chi connectivity index (χ4v) is 8.85. The van der Waals surface area contributed by atoms with Gasteiger partial charge in [0.15, 0.2) is 5.79 Å². The van der Waals surface area contributed by atoms with E-state index in [0.717, 1.165) is 0 Å². The van der Waals surface area contributed by atoms with Crippen LogP contribution in [0.15, 0.2) is 47.5 Å². The van der Waals surface area contributed by atoms with Crippen molar-refractivity contribution >= 4 is 29.2 Å². The number of rotatable bonds is 3. The van der Waals surface area contributed by atoms with E-state index in [1.165, 1.54) is 34.1 Å². The molecule has 15 heteroatoms. The number of ether oxygens (including phenoxy) is 7. The first-order valence-corrected chi connectivity index (χ1v) is 20.1. The number of Topliss-reactive ketones (excluding diaryl/α,β-unsaturated/α-hetero) is 3. The summed E-state index contributed by atoms with van der Waals surface area (Å²) >= 11 is 0. The summed E-state index contributed by atoms with van der Waals surface area (Å²) in [6.45, 7) is 18.2. The molecule has 0 radical (unpaired) electrons. The van der Waals surface area contributed by atoms with Gasteiger partial charge in [-0.1, -0.05) is 45.9 Å². The predicted octanol–water partition coefficient (Wildman–Crippen LogP) is 5.09. The standard InChI is InChI=1S/C44H56N2O13/c1-21-13-12-14-22(2)42(52)45-32-33(46-16-19-54-20-17-46)36(50)29-30(35(32)49)34(48)24(4)40-31(29)41(51)44(10,59-40)55-18-15-28(53-11)23(3)38(56-27(7)47)26(6)39-25(5)37(21)57-43(8,9)58-39/h12-15,18,21,23,25-26,28,37-39,48H,16-17,19-20H2,1-11H3,(H,45,52)/b13-12+,18-15+,22-14-/t21-,23+,25+,26+,28+,37+,38-,39-,44-/m0/s1. The zero-order valence-corrected chi connectivity index (χ0v) is 35.6. The molecule has 320 valence electrons. The predicted molar refractivity (Wildman–Crippen MR) is 212 cm³/mol. The number of benzene rings is 1. The average Bonchev–Trinajstić information content (AvgIpc) is 3.45. The van der Waals surface area contributed by atoms with Crippen LogP contribution in [0.4, 0.5) is 0 Å². The number of ketones is 3. The van der Waals surface area contributed by atoms with Crippen LogP contribution in [0.2, 0.25) is 0 Å². The van der Waals surface area contributed by atoms with Gasteiger partial charge < -0.3 is 48.5 Å². The van der Waals surface area contributed by atoms with Gasteiger partial charge in [0.05, 0.1) is 54.5 Å². The fourth-order valence-electron chi connectivity index (χ4n) is 8.85. The van der Waals surface area contributed by atoms with Gasteiger partial charge in [-0.15, -0.1) is 0 Å². The molecule has 1 aromatic rings. The van der Waals surface area contributed by atoms with E-state index in [9.17, 15) is 29.1 Å². The molecule has 0 aromatic heterocycles. The van der Waals surface area contributed by atoms with Crippen LogP contribution in [0.1, 0.15) is 99.0 Å². The summed E-state index contributed by atoms with van der Waals surface area (Å²) < 4.78 is 42.6. The van der Waals surface area contributed by atoms with Crippen LogP contribution >= 0.6 is 0 Å². The number of methoxy groups -OCH3 is 1. The highest BCUT2D eigenvalue weighted by molar-refractivity contribution is 6.32. The minimum Gasteiger partial charge on any atom is -0.507 e. The maximum Gasteiger partial charge on any atom is 0.312 e. The summed E-state index contributed by atoms with van der Waals surface area (Å²) in [7, 11) is 1.50. The number of phenols is 1. The van der Waals surface area contributed by atoms with Gasteiger partial charge in [-0.05, 0) is 33.8 Å². The Morgan fingerprint density at radius 1 is 0.898 bits per heavy atom. The average molecular weight is 821 g/mol. The van der Waals surface area contributed by atoms with E-state index in [1.807, 2.05) is 47.6 Å². The number of nitrogens with one attached hydrogen (secondary N) is 1. The maximum absolute atomic E-state index is 14.7. The molecule has 2 saturated heterocycles. The topological polar surface area (TPSA) is 185 Å². The quantitative estimate of drug-likeness (QED) is 0.385. The van der Waals surface area contributed by atoms with Crippen molar-refractivity contribution < 1.29 is 62.2 Å². The molecule has 5 aliphatic heterocycles. The zero-order valence-electron chi connectivity index (χ0n) is 35.6. The second-order valence-corrected chi connectivity index (χ2v) is 16.7. The van der Waals surface area contributed by atoms with Gasteiger partial charge in [0, 0.05) is 68.9 Å². The molecule has 2 fully saturated rings. The Morgan fingerprint density at radius 3 is 2.20 bits per heavy atom. The summed E-state index contributed by atoms with van der Waals surface area (Å²) in [5.41, 5.74) is -1.20. The van der Waals surface area contributed by atoms with Crippen LogP contribution in [0.3, 0.4) is 0 Å². The van der Waals surface area contributed by atoms with E-state index in [0.29, 0.717) is 0 Å². The van der Waals surface area contributed by atoms with Gasteiger partial charge >= 0.3 is 11.8 Å². The molecule has 9 atom stereocenters. The van der Waals surface area contributed by atoms with Crippen molar-refractivity contribution in [3.8, 4) is 11.5 Å². The van der Waals surface area contributed by atoms with Crippen LogP contribution in [0.25, 0.3) is 0 Å². The minimum atomic E-state index is -2.04. The Bertz CT molecular complexity index is 2040. The normalized spacial score (nSPS) is 34.6. The number of hydrogen-bond donors (Lipinski definition) is 2. The number of nitrogens with zero attached hydrogens (tertiary/aromatic N) is 1. The van der Waals surface area contributed by atoms with Crippen molar-refractivity contribution in [3.05, 3.63) is 69.8 Å². The lowest BCUT2D eigenvalue weighted by molar-refractivity contribution is -0.336. The van der Waals surface area contributed by atoms with E-state index in [2.05, 4.69) is 5.32 Å². The number of carbonyl (C=O) groups is 5.